The topological polar surface area (TPSA) is 95.9 Å². The quantitative estimate of drug-likeness (QED) is 0.505. The van der Waals surface area contributed by atoms with Crippen LogP contribution >= 0.6 is 11.8 Å². The number of hydrogen-bond acceptors (Lipinski definition) is 5. The Bertz CT molecular complexity index is 1070. The second-order valence-electron chi connectivity index (χ2n) is 8.98. The molecular weight excluding hydrogens is 464 g/mol. The summed E-state index contributed by atoms with van der Waals surface area (Å²) in [6.45, 7) is 3.55. The van der Waals surface area contributed by atoms with Gasteiger partial charge >= 0.3 is 12.1 Å². The van der Waals surface area contributed by atoms with E-state index in [1.165, 1.54) is 11.0 Å². The molecule has 2 aromatic carbocycles. The van der Waals surface area contributed by atoms with Gasteiger partial charge in [-0.1, -0.05) is 54.6 Å². The van der Waals surface area contributed by atoms with Gasteiger partial charge in [-0.3, -0.25) is 9.59 Å². The van der Waals surface area contributed by atoms with Crippen molar-refractivity contribution in [2.75, 3.05) is 31.2 Å². The maximum atomic E-state index is 13.0. The van der Waals surface area contributed by atoms with Crippen LogP contribution in [0.1, 0.15) is 36.3 Å². The van der Waals surface area contributed by atoms with Crippen molar-refractivity contribution in [3.05, 3.63) is 72.3 Å². The first-order valence-corrected chi connectivity index (χ1v) is 12.9. The van der Waals surface area contributed by atoms with Gasteiger partial charge < -0.3 is 20.1 Å². The average Bonchev–Trinajstić information content (AvgIpc) is 3.16. The summed E-state index contributed by atoms with van der Waals surface area (Å²) >= 11 is 1.77. The number of amides is 2. The minimum Gasteiger partial charge on any atom is -0.480 e. The van der Waals surface area contributed by atoms with Crippen molar-refractivity contribution < 1.29 is 24.2 Å². The van der Waals surface area contributed by atoms with Crippen LogP contribution in [0.2, 0.25) is 0 Å². The largest absolute Gasteiger partial charge is 0.480 e. The fraction of sp³-hybridized carbons (Fsp3) is 0.370. The molecule has 1 aliphatic heterocycles. The number of aliphatic carboxylic acids is 1. The van der Waals surface area contributed by atoms with Gasteiger partial charge in [-0.25, -0.2) is 4.79 Å². The molecular formula is C27H30N2O5S. The minimum absolute atomic E-state index is 0.0267. The predicted molar refractivity (Wildman–Crippen MR) is 137 cm³/mol. The van der Waals surface area contributed by atoms with Crippen molar-refractivity contribution in [1.82, 2.24) is 10.2 Å². The van der Waals surface area contributed by atoms with Crippen LogP contribution in [0.3, 0.4) is 0 Å². The van der Waals surface area contributed by atoms with Gasteiger partial charge in [-0.05, 0) is 46.6 Å². The third kappa shape index (κ3) is 5.70. The van der Waals surface area contributed by atoms with Crippen LogP contribution in [0.4, 0.5) is 4.79 Å². The molecule has 0 radical (unpaired) electrons. The molecule has 4 rings (SSSR count). The number of benzene rings is 2. The maximum Gasteiger partial charge on any atom is 0.407 e. The van der Waals surface area contributed by atoms with E-state index >= 15 is 0 Å². The number of carboxylic acid groups (broad SMARTS) is 1. The minimum atomic E-state index is -1.09. The Morgan fingerprint density at radius 3 is 2.26 bits per heavy atom. The van der Waals surface area contributed by atoms with Gasteiger partial charge in [0, 0.05) is 12.5 Å². The molecule has 0 unspecified atom stereocenters. The first-order valence-electron chi connectivity index (χ1n) is 11.7. The lowest BCUT2D eigenvalue weighted by atomic mass is 9.88. The number of carbonyl (C=O) groups is 3. The monoisotopic (exact) mass is 494 g/mol. The molecule has 0 spiro atoms. The van der Waals surface area contributed by atoms with Crippen LogP contribution in [0, 0.1) is 0 Å². The number of thioether (sulfide) groups is 1. The molecule has 0 saturated carbocycles. The zero-order valence-corrected chi connectivity index (χ0v) is 20.4. The van der Waals surface area contributed by atoms with E-state index in [1.54, 1.807) is 11.8 Å². The molecule has 2 aliphatic rings. The summed E-state index contributed by atoms with van der Waals surface area (Å²) in [7, 11) is 0. The summed E-state index contributed by atoms with van der Waals surface area (Å²) in [6.07, 6.45) is 2.20. The second kappa shape index (κ2) is 11.0. The number of ether oxygens (including phenoxy) is 1. The standard InChI is InChI=1S/C27H30N2O5S/c1-2-13-29(17-25(31)32)24(30)16-27(11-14-35-15-12-27)28-26(33)34-18-23-21-9-5-3-7-19(21)20-8-4-6-10-22(20)23/h2-10,23H,1,11-18H2,(H,28,33)(H,31,32). The Hall–Kier alpha value is -3.26. The maximum absolute atomic E-state index is 13.0. The number of carbonyl (C=O) groups excluding carboxylic acids is 2. The molecule has 0 atom stereocenters. The van der Waals surface area contributed by atoms with Gasteiger partial charge in [0.05, 0.1) is 12.0 Å². The number of alkyl carbamates (subject to hydrolysis) is 1. The van der Waals surface area contributed by atoms with Gasteiger partial charge in [-0.15, -0.1) is 6.58 Å². The highest BCUT2D eigenvalue weighted by molar-refractivity contribution is 7.99. The lowest BCUT2D eigenvalue weighted by Gasteiger charge is -2.38. The SMILES string of the molecule is C=CCN(CC(=O)O)C(=O)CC1(NC(=O)OCC2c3ccccc3-c3ccccc32)CCSCC1. The molecule has 1 fully saturated rings. The van der Waals surface area contributed by atoms with E-state index in [-0.39, 0.29) is 31.4 Å². The molecule has 1 aliphatic carbocycles. The summed E-state index contributed by atoms with van der Waals surface area (Å²) in [5, 5.41) is 12.2. The van der Waals surface area contributed by atoms with E-state index in [0.29, 0.717) is 12.8 Å². The number of hydrogen-bond donors (Lipinski definition) is 2. The summed E-state index contributed by atoms with van der Waals surface area (Å²) in [6, 6.07) is 16.3. The van der Waals surface area contributed by atoms with E-state index in [9.17, 15) is 14.4 Å². The molecule has 7 nitrogen and oxygen atoms in total. The number of nitrogens with one attached hydrogen (secondary N) is 1. The van der Waals surface area contributed by atoms with Crippen molar-refractivity contribution in [2.24, 2.45) is 0 Å². The fourth-order valence-electron chi connectivity index (χ4n) is 4.93. The first-order chi connectivity index (χ1) is 16.9. The first kappa shape index (κ1) is 24.9. The lowest BCUT2D eigenvalue weighted by molar-refractivity contribution is -0.144. The summed E-state index contributed by atoms with van der Waals surface area (Å²) in [5.74, 6) is 0.150. The second-order valence-corrected chi connectivity index (χ2v) is 10.2. The van der Waals surface area contributed by atoms with Gasteiger partial charge in [-0.2, -0.15) is 11.8 Å². The summed E-state index contributed by atoms with van der Waals surface area (Å²) in [5.41, 5.74) is 3.82. The molecule has 2 amide bonds. The molecule has 184 valence electrons. The van der Waals surface area contributed by atoms with Crippen molar-refractivity contribution >= 4 is 29.7 Å². The van der Waals surface area contributed by atoms with Crippen molar-refractivity contribution in [1.29, 1.82) is 0 Å². The van der Waals surface area contributed by atoms with Gasteiger partial charge in [0.2, 0.25) is 5.91 Å². The highest BCUT2D eigenvalue weighted by Gasteiger charge is 2.38. The van der Waals surface area contributed by atoms with Crippen molar-refractivity contribution in [3.8, 4) is 11.1 Å². The highest BCUT2D eigenvalue weighted by atomic mass is 32.2. The molecule has 8 heteroatoms. The third-order valence-corrected chi connectivity index (χ3v) is 7.66. The highest BCUT2D eigenvalue weighted by Crippen LogP contribution is 2.44. The van der Waals surface area contributed by atoms with E-state index < -0.39 is 24.1 Å². The van der Waals surface area contributed by atoms with Crippen LogP contribution in [0.25, 0.3) is 11.1 Å². The summed E-state index contributed by atoms with van der Waals surface area (Å²) in [4.78, 5) is 38.4. The fourth-order valence-corrected chi connectivity index (χ4v) is 6.21. The van der Waals surface area contributed by atoms with Crippen LogP contribution in [0.5, 0.6) is 0 Å². The lowest BCUT2D eigenvalue weighted by Crippen LogP contribution is -2.54. The zero-order valence-electron chi connectivity index (χ0n) is 19.6. The number of nitrogens with zero attached hydrogens (tertiary/aromatic N) is 1. The number of rotatable bonds is 9. The van der Waals surface area contributed by atoms with Crippen LogP contribution in [-0.2, 0) is 14.3 Å². The van der Waals surface area contributed by atoms with Crippen LogP contribution in [-0.4, -0.2) is 64.7 Å². The predicted octanol–water partition coefficient (Wildman–Crippen LogP) is 4.28. The Morgan fingerprint density at radius 1 is 1.09 bits per heavy atom. The van der Waals surface area contributed by atoms with Crippen LogP contribution < -0.4 is 5.32 Å². The molecule has 0 aromatic heterocycles. The van der Waals surface area contributed by atoms with Crippen molar-refractivity contribution in [2.45, 2.75) is 30.7 Å². The van der Waals surface area contributed by atoms with Gasteiger partial charge in [0.15, 0.2) is 0 Å². The summed E-state index contributed by atoms with van der Waals surface area (Å²) < 4.78 is 5.73. The van der Waals surface area contributed by atoms with Crippen molar-refractivity contribution in [3.63, 3.8) is 0 Å². The number of carboxylic acids is 1. The van der Waals surface area contributed by atoms with E-state index in [1.807, 2.05) is 24.3 Å². The normalized spacial score (nSPS) is 16.0. The smallest absolute Gasteiger partial charge is 0.407 e. The Kier molecular flexibility index (Phi) is 7.80. The Morgan fingerprint density at radius 2 is 1.69 bits per heavy atom. The average molecular weight is 495 g/mol. The molecule has 2 N–H and O–H groups in total. The van der Waals surface area contributed by atoms with Gasteiger partial charge in [0.25, 0.3) is 0 Å². The number of fused-ring (bicyclic) bond motifs is 3. The van der Waals surface area contributed by atoms with Gasteiger partial charge in [0.1, 0.15) is 13.2 Å². The zero-order chi connectivity index (χ0) is 24.8. The molecule has 35 heavy (non-hydrogen) atoms. The molecule has 1 saturated heterocycles. The van der Waals surface area contributed by atoms with Crippen LogP contribution in [0.15, 0.2) is 61.2 Å². The Labute approximate surface area is 209 Å². The van der Waals surface area contributed by atoms with E-state index in [2.05, 4.69) is 36.2 Å². The molecule has 0 bridgehead atoms. The molecule has 2 aromatic rings. The Balaban J connectivity index is 1.44. The van der Waals surface area contributed by atoms with E-state index in [0.717, 1.165) is 33.8 Å². The van der Waals surface area contributed by atoms with E-state index in [4.69, 9.17) is 9.84 Å². The molecule has 1 heterocycles. The third-order valence-electron chi connectivity index (χ3n) is 6.68.